The number of nitrogens with zero attached hydrogens (tertiary/aromatic N) is 3. The van der Waals surface area contributed by atoms with Gasteiger partial charge in [0.25, 0.3) is 0 Å². The number of aromatic nitrogens is 3. The third-order valence-electron chi connectivity index (χ3n) is 8.86. The average molecular weight is 610 g/mol. The summed E-state index contributed by atoms with van der Waals surface area (Å²) in [7, 11) is 0. The lowest BCUT2D eigenvalue weighted by Gasteiger charge is -2.09. The van der Waals surface area contributed by atoms with Crippen LogP contribution in [0.2, 0.25) is 0 Å². The summed E-state index contributed by atoms with van der Waals surface area (Å²) < 4.78 is 7.45. The molecule has 0 N–H and O–H groups in total. The van der Waals surface area contributed by atoms with Gasteiger partial charge in [-0.05, 0) is 66.7 Å². The van der Waals surface area contributed by atoms with E-state index >= 15 is 0 Å². The van der Waals surface area contributed by atoms with Gasteiger partial charge in [0.2, 0.25) is 0 Å². The summed E-state index contributed by atoms with van der Waals surface area (Å²) in [6.45, 7) is 0. The second-order valence-electron chi connectivity index (χ2n) is 11.4. The number of benzene rings is 5. The number of thiophene rings is 2. The van der Waals surface area contributed by atoms with Crippen LogP contribution in [0.5, 0.6) is 0 Å². The van der Waals surface area contributed by atoms with Crippen molar-refractivity contribution in [2.75, 3.05) is 0 Å². The van der Waals surface area contributed by atoms with E-state index in [9.17, 15) is 0 Å². The molecule has 5 heterocycles. The highest BCUT2D eigenvalue weighted by molar-refractivity contribution is 7.26. The van der Waals surface area contributed by atoms with Crippen LogP contribution in [0.15, 0.2) is 140 Å². The molecule has 0 atom stereocenters. The molecule has 0 radical (unpaired) electrons. The van der Waals surface area contributed by atoms with E-state index in [-0.39, 0.29) is 0 Å². The molecule has 5 aromatic heterocycles. The molecular weight excluding hydrogens is 587 g/mol. The van der Waals surface area contributed by atoms with E-state index in [0.717, 1.165) is 28.2 Å². The quantitative estimate of drug-likeness (QED) is 0.199. The van der Waals surface area contributed by atoms with Gasteiger partial charge in [-0.15, -0.1) is 22.7 Å². The van der Waals surface area contributed by atoms with Gasteiger partial charge in [-0.1, -0.05) is 66.7 Å². The first-order valence-corrected chi connectivity index (χ1v) is 16.6. The number of fused-ring (bicyclic) bond motifs is 9. The Morgan fingerprint density at radius 1 is 0.489 bits per heavy atom. The topological polar surface area (TPSA) is 30.7 Å². The van der Waals surface area contributed by atoms with Gasteiger partial charge >= 0.3 is 0 Å². The van der Waals surface area contributed by atoms with Crippen LogP contribution in [0.1, 0.15) is 0 Å². The summed E-state index contributed by atoms with van der Waals surface area (Å²) in [5.74, 6) is 0. The zero-order valence-electron chi connectivity index (χ0n) is 23.9. The lowest BCUT2D eigenvalue weighted by Crippen LogP contribution is -1.93. The zero-order valence-corrected chi connectivity index (χ0v) is 25.6. The molecule has 3 nitrogen and oxygen atoms in total. The number of pyridine rings is 2. The molecule has 0 saturated heterocycles. The average Bonchev–Trinajstić information content (AvgIpc) is 3.77. The Morgan fingerprint density at radius 3 is 2.24 bits per heavy atom. The maximum absolute atomic E-state index is 5.24. The SMILES string of the molecule is c1cc(-c2ccc3c(c2)c2ccccc2n3-c2ccc3sc4cccnc4c3c2)nc(-c2cccc3c2sc2ccccc23)c1. The summed E-state index contributed by atoms with van der Waals surface area (Å²) >= 11 is 3.64. The molecule has 0 aliphatic rings. The Morgan fingerprint density at radius 2 is 1.27 bits per heavy atom. The molecule has 0 fully saturated rings. The zero-order chi connectivity index (χ0) is 29.5. The van der Waals surface area contributed by atoms with Gasteiger partial charge in [-0.25, -0.2) is 4.98 Å². The van der Waals surface area contributed by atoms with Gasteiger partial charge in [0, 0.05) is 64.0 Å². The van der Waals surface area contributed by atoms with E-state index in [4.69, 9.17) is 9.97 Å². The summed E-state index contributed by atoms with van der Waals surface area (Å²) in [6, 6.07) is 48.0. The van der Waals surface area contributed by atoms with Crippen molar-refractivity contribution in [1.29, 1.82) is 0 Å². The fraction of sp³-hybridized carbons (Fsp3) is 0. The molecule has 0 saturated carbocycles. The van der Waals surface area contributed by atoms with Crippen molar-refractivity contribution >= 4 is 85.0 Å². The monoisotopic (exact) mass is 609 g/mol. The highest BCUT2D eigenvalue weighted by Gasteiger charge is 2.16. The lowest BCUT2D eigenvalue weighted by atomic mass is 10.0. The maximum Gasteiger partial charge on any atom is 0.0889 e. The molecule has 0 bridgehead atoms. The van der Waals surface area contributed by atoms with Crippen LogP contribution in [-0.4, -0.2) is 14.5 Å². The van der Waals surface area contributed by atoms with Crippen LogP contribution in [-0.2, 0) is 0 Å². The first-order chi connectivity index (χ1) is 22.3. The van der Waals surface area contributed by atoms with Crippen LogP contribution in [0.25, 0.3) is 90.5 Å². The Balaban J connectivity index is 1.14. The fourth-order valence-electron chi connectivity index (χ4n) is 6.83. The van der Waals surface area contributed by atoms with Crippen molar-refractivity contribution in [3.8, 4) is 28.2 Å². The molecule has 0 amide bonds. The number of hydrogen-bond acceptors (Lipinski definition) is 4. The van der Waals surface area contributed by atoms with E-state index < -0.39 is 0 Å². The van der Waals surface area contributed by atoms with E-state index in [1.165, 1.54) is 62.3 Å². The number of rotatable bonds is 3. The Hall–Kier alpha value is -5.36. The van der Waals surface area contributed by atoms with Crippen molar-refractivity contribution in [2.24, 2.45) is 0 Å². The van der Waals surface area contributed by atoms with Crippen molar-refractivity contribution in [3.63, 3.8) is 0 Å². The van der Waals surface area contributed by atoms with Gasteiger partial charge in [0.1, 0.15) is 0 Å². The van der Waals surface area contributed by atoms with Gasteiger partial charge in [0.05, 0.1) is 32.6 Å². The molecule has 0 aliphatic carbocycles. The van der Waals surface area contributed by atoms with Crippen LogP contribution >= 0.6 is 22.7 Å². The predicted molar refractivity (Wildman–Crippen MR) is 193 cm³/mol. The largest absolute Gasteiger partial charge is 0.309 e. The third kappa shape index (κ3) is 3.75. The first kappa shape index (κ1) is 25.0. The second kappa shape index (κ2) is 9.57. The molecule has 5 heteroatoms. The first-order valence-electron chi connectivity index (χ1n) is 15.0. The summed E-state index contributed by atoms with van der Waals surface area (Å²) in [6.07, 6.45) is 1.88. The highest BCUT2D eigenvalue weighted by atomic mass is 32.1. The molecule has 10 aromatic rings. The highest BCUT2D eigenvalue weighted by Crippen LogP contribution is 2.41. The van der Waals surface area contributed by atoms with Crippen molar-refractivity contribution in [3.05, 3.63) is 140 Å². The van der Waals surface area contributed by atoms with Crippen LogP contribution in [0, 0.1) is 0 Å². The van der Waals surface area contributed by atoms with Crippen molar-refractivity contribution in [1.82, 2.24) is 14.5 Å². The minimum Gasteiger partial charge on any atom is -0.309 e. The molecule has 5 aromatic carbocycles. The molecule has 10 rings (SSSR count). The molecule has 210 valence electrons. The maximum atomic E-state index is 5.24. The Bertz CT molecular complexity index is 2780. The molecule has 0 spiro atoms. The Kier molecular flexibility index (Phi) is 5.32. The van der Waals surface area contributed by atoms with Crippen molar-refractivity contribution < 1.29 is 0 Å². The normalized spacial score (nSPS) is 12.0. The van der Waals surface area contributed by atoms with Gasteiger partial charge in [-0.3, -0.25) is 4.98 Å². The standard InChI is InChI=1S/C40H23N3S2/c1-3-14-34-26(8-1)30-22-24(17-19-35(30)43(34)25-18-20-37-31(23-25)39-38(44-37)16-7-21-41-39)32-12-6-13-33(42-32)29-11-5-10-28-27-9-2-4-15-36(27)45-40(28)29/h1-23H. The van der Waals surface area contributed by atoms with E-state index in [0.29, 0.717) is 0 Å². The van der Waals surface area contributed by atoms with Crippen molar-refractivity contribution in [2.45, 2.75) is 0 Å². The minimum atomic E-state index is 0.974. The predicted octanol–water partition coefficient (Wildman–Crippen LogP) is 11.6. The summed E-state index contributed by atoms with van der Waals surface area (Å²) in [4.78, 5) is 9.95. The van der Waals surface area contributed by atoms with Gasteiger partial charge in [0.15, 0.2) is 0 Å². The van der Waals surface area contributed by atoms with E-state index in [1.807, 2.05) is 23.6 Å². The fourth-order valence-corrected chi connectivity index (χ4v) is 9.10. The van der Waals surface area contributed by atoms with Crippen LogP contribution < -0.4 is 0 Å². The van der Waals surface area contributed by atoms with Gasteiger partial charge < -0.3 is 4.57 Å². The van der Waals surface area contributed by atoms with Gasteiger partial charge in [-0.2, -0.15) is 0 Å². The lowest BCUT2D eigenvalue weighted by molar-refractivity contribution is 1.19. The van der Waals surface area contributed by atoms with E-state index in [2.05, 4.69) is 132 Å². The molecule has 0 unspecified atom stereocenters. The summed E-state index contributed by atoms with van der Waals surface area (Å²) in [5, 5.41) is 6.24. The Labute approximate surface area is 266 Å². The molecular formula is C40H23N3S2. The summed E-state index contributed by atoms with van der Waals surface area (Å²) in [5.41, 5.74) is 8.84. The van der Waals surface area contributed by atoms with Crippen LogP contribution in [0.3, 0.4) is 0 Å². The second-order valence-corrected chi connectivity index (χ2v) is 13.5. The van der Waals surface area contributed by atoms with E-state index in [1.54, 1.807) is 11.3 Å². The van der Waals surface area contributed by atoms with Crippen LogP contribution in [0.4, 0.5) is 0 Å². The smallest absolute Gasteiger partial charge is 0.0889 e. The minimum absolute atomic E-state index is 0.974. The molecule has 0 aliphatic heterocycles. The molecule has 45 heavy (non-hydrogen) atoms. The number of hydrogen-bond donors (Lipinski definition) is 0. The number of para-hydroxylation sites is 1. The third-order valence-corrected chi connectivity index (χ3v) is 11.2.